The summed E-state index contributed by atoms with van der Waals surface area (Å²) in [5.74, 6) is -0.919. The van der Waals surface area contributed by atoms with Gasteiger partial charge in [0.1, 0.15) is 16.4 Å². The lowest BCUT2D eigenvalue weighted by molar-refractivity contribution is -0.149. The molecule has 1 atom stereocenters. The van der Waals surface area contributed by atoms with Crippen molar-refractivity contribution in [2.75, 3.05) is 0 Å². The molecular formula is C22H24Br2N2O7S. The van der Waals surface area contributed by atoms with Crippen LogP contribution < -0.4 is 9.46 Å². The second-order valence-corrected chi connectivity index (χ2v) is 11.2. The number of benzene rings is 2. The van der Waals surface area contributed by atoms with E-state index < -0.39 is 22.1 Å². The molecule has 184 valence electrons. The van der Waals surface area contributed by atoms with Crippen molar-refractivity contribution in [2.45, 2.75) is 56.1 Å². The highest BCUT2D eigenvalue weighted by Crippen LogP contribution is 2.39. The Morgan fingerprint density at radius 2 is 1.82 bits per heavy atom. The molecule has 0 aliphatic heterocycles. The second-order valence-electron chi connectivity index (χ2n) is 7.82. The lowest BCUT2D eigenvalue weighted by Gasteiger charge is -2.23. The summed E-state index contributed by atoms with van der Waals surface area (Å²) in [6.45, 7) is 1.36. The highest BCUT2D eigenvalue weighted by molar-refractivity contribution is 9.11. The van der Waals surface area contributed by atoms with Gasteiger partial charge >= 0.3 is 5.97 Å². The first-order chi connectivity index (χ1) is 16.1. The number of sulfonamides is 1. The zero-order valence-electron chi connectivity index (χ0n) is 18.2. The van der Waals surface area contributed by atoms with E-state index in [1.54, 1.807) is 12.1 Å². The van der Waals surface area contributed by atoms with Crippen LogP contribution in [0.5, 0.6) is 17.2 Å². The number of phenols is 1. The molecule has 2 aromatic rings. The van der Waals surface area contributed by atoms with E-state index in [-0.39, 0.29) is 22.4 Å². The van der Waals surface area contributed by atoms with Crippen molar-refractivity contribution in [3.05, 3.63) is 44.8 Å². The van der Waals surface area contributed by atoms with Crippen molar-refractivity contribution in [3.63, 3.8) is 0 Å². The number of phenolic OH excluding ortho intramolecular Hbond substituents is 1. The predicted octanol–water partition coefficient (Wildman–Crippen LogP) is 5.14. The number of nitrogens with one attached hydrogen (secondary N) is 1. The van der Waals surface area contributed by atoms with Crippen LogP contribution in [0.2, 0.25) is 0 Å². The van der Waals surface area contributed by atoms with Crippen molar-refractivity contribution in [3.8, 4) is 17.2 Å². The molecule has 0 heterocycles. The fourth-order valence-electron chi connectivity index (χ4n) is 3.37. The Kier molecular flexibility index (Phi) is 8.96. The van der Waals surface area contributed by atoms with Crippen LogP contribution in [0.4, 0.5) is 0 Å². The van der Waals surface area contributed by atoms with Crippen molar-refractivity contribution in [1.82, 2.24) is 4.72 Å². The minimum absolute atomic E-state index is 0.150. The first-order valence-electron chi connectivity index (χ1n) is 10.5. The molecule has 1 fully saturated rings. The summed E-state index contributed by atoms with van der Waals surface area (Å²) in [4.78, 5) is 15.4. The third kappa shape index (κ3) is 6.94. The maximum atomic E-state index is 12.9. The molecule has 0 amide bonds. The Morgan fingerprint density at radius 1 is 1.18 bits per heavy atom. The van der Waals surface area contributed by atoms with Gasteiger partial charge in [0.15, 0.2) is 5.75 Å². The fourth-order valence-corrected chi connectivity index (χ4v) is 6.17. The molecule has 0 spiro atoms. The largest absolute Gasteiger partial charge is 0.507 e. The maximum absolute atomic E-state index is 12.9. The Labute approximate surface area is 214 Å². The number of nitrogens with zero attached hydrogens (tertiary/aromatic N) is 1. The number of ether oxygens (including phenoxy) is 1. The predicted molar refractivity (Wildman–Crippen MR) is 133 cm³/mol. The number of oxime groups is 1. The molecule has 3 rings (SSSR count). The molecule has 0 aromatic heterocycles. The van der Waals surface area contributed by atoms with Crippen molar-refractivity contribution in [2.24, 2.45) is 5.16 Å². The van der Waals surface area contributed by atoms with Crippen LogP contribution in [-0.2, 0) is 19.7 Å². The van der Waals surface area contributed by atoms with Gasteiger partial charge in [-0.3, -0.25) is 0 Å². The van der Waals surface area contributed by atoms with Crippen LogP contribution in [0.15, 0.2) is 49.3 Å². The second kappa shape index (κ2) is 11.5. The SMILES string of the molecule is CC(O/N=C\c1cc(Br)c(Oc2ccc(O)c(S(=O)(=O)NC3CCCCC3)c2)c(Br)c1)C(=O)O. The molecule has 3 N–H and O–H groups in total. The molecule has 1 saturated carbocycles. The maximum Gasteiger partial charge on any atom is 0.347 e. The number of halogens is 2. The zero-order chi connectivity index (χ0) is 24.9. The van der Waals surface area contributed by atoms with Gasteiger partial charge in [0, 0.05) is 12.1 Å². The van der Waals surface area contributed by atoms with Gasteiger partial charge in [0.05, 0.1) is 15.2 Å². The van der Waals surface area contributed by atoms with Crippen molar-refractivity contribution < 1.29 is 33.0 Å². The minimum Gasteiger partial charge on any atom is -0.507 e. The number of aliphatic carboxylic acids is 1. The average molecular weight is 620 g/mol. The number of carbonyl (C=O) groups is 1. The molecule has 0 saturated heterocycles. The number of aromatic hydroxyl groups is 1. The van der Waals surface area contributed by atoms with Gasteiger partial charge in [-0.05, 0) is 81.5 Å². The summed E-state index contributed by atoms with van der Waals surface area (Å²) in [6.07, 6.45) is 4.83. The number of rotatable bonds is 9. The quantitative estimate of drug-likeness (QED) is 0.261. The van der Waals surface area contributed by atoms with Gasteiger partial charge in [0.25, 0.3) is 0 Å². The van der Waals surface area contributed by atoms with Crippen LogP contribution in [0, 0.1) is 0 Å². The van der Waals surface area contributed by atoms with Crippen molar-refractivity contribution in [1.29, 1.82) is 0 Å². The third-order valence-electron chi connectivity index (χ3n) is 5.16. The highest BCUT2D eigenvalue weighted by Gasteiger charge is 2.25. The van der Waals surface area contributed by atoms with Gasteiger partial charge in [-0.2, -0.15) is 0 Å². The molecule has 9 nitrogen and oxygen atoms in total. The van der Waals surface area contributed by atoms with Gasteiger partial charge < -0.3 is 19.8 Å². The molecule has 1 aliphatic carbocycles. The molecule has 1 aliphatic rings. The zero-order valence-corrected chi connectivity index (χ0v) is 22.2. The molecular weight excluding hydrogens is 596 g/mol. The lowest BCUT2D eigenvalue weighted by Crippen LogP contribution is -2.36. The fraction of sp³-hybridized carbons (Fsp3) is 0.364. The molecule has 0 radical (unpaired) electrons. The van der Waals surface area contributed by atoms with Gasteiger partial charge in [-0.25, -0.2) is 17.9 Å². The van der Waals surface area contributed by atoms with E-state index >= 15 is 0 Å². The Balaban J connectivity index is 1.79. The summed E-state index contributed by atoms with van der Waals surface area (Å²) >= 11 is 6.81. The smallest absolute Gasteiger partial charge is 0.347 e. The standard InChI is InChI=1S/C22H24Br2N2O7S/c1-13(22(28)29)33-25-12-14-9-17(23)21(18(24)10-14)32-16-7-8-19(27)20(11-16)34(30,31)26-15-5-3-2-4-6-15/h7-13,15,26-27H,2-6H2,1H3,(H,28,29)/b25-12-. The Bertz CT molecular complexity index is 1160. The molecule has 12 heteroatoms. The number of hydrogen-bond acceptors (Lipinski definition) is 7. The van der Waals surface area contributed by atoms with E-state index in [4.69, 9.17) is 14.7 Å². The van der Waals surface area contributed by atoms with E-state index in [0.717, 1.165) is 32.1 Å². The first kappa shape index (κ1) is 26.5. The van der Waals surface area contributed by atoms with Crippen LogP contribution >= 0.6 is 31.9 Å². The van der Waals surface area contributed by atoms with E-state index in [0.29, 0.717) is 20.3 Å². The number of carboxylic acids is 1. The van der Waals surface area contributed by atoms with Crippen LogP contribution in [0.25, 0.3) is 0 Å². The molecule has 0 bridgehead atoms. The Hall–Kier alpha value is -2.15. The third-order valence-corrected chi connectivity index (χ3v) is 7.88. The van der Waals surface area contributed by atoms with Crippen LogP contribution in [0.3, 0.4) is 0 Å². The minimum atomic E-state index is -3.93. The Morgan fingerprint density at radius 3 is 2.44 bits per heavy atom. The van der Waals surface area contributed by atoms with Gasteiger partial charge in [0.2, 0.25) is 16.1 Å². The average Bonchev–Trinajstić information content (AvgIpc) is 2.77. The highest BCUT2D eigenvalue weighted by atomic mass is 79.9. The van der Waals surface area contributed by atoms with Crippen LogP contribution in [0.1, 0.15) is 44.6 Å². The van der Waals surface area contributed by atoms with Crippen LogP contribution in [-0.4, -0.2) is 43.0 Å². The first-order valence-corrected chi connectivity index (χ1v) is 13.6. The van der Waals surface area contributed by atoms with E-state index in [1.807, 2.05) is 0 Å². The summed E-state index contributed by atoms with van der Waals surface area (Å²) in [5, 5.41) is 22.7. The summed E-state index contributed by atoms with van der Waals surface area (Å²) in [7, 11) is -3.93. The van der Waals surface area contributed by atoms with E-state index in [9.17, 15) is 18.3 Å². The summed E-state index contributed by atoms with van der Waals surface area (Å²) in [6, 6.07) is 7.19. The number of carboxylic acid groups (broad SMARTS) is 1. The lowest BCUT2D eigenvalue weighted by atomic mass is 9.96. The van der Waals surface area contributed by atoms with E-state index in [2.05, 4.69) is 41.7 Å². The molecule has 34 heavy (non-hydrogen) atoms. The van der Waals surface area contributed by atoms with E-state index in [1.165, 1.54) is 31.3 Å². The number of hydrogen-bond donors (Lipinski definition) is 3. The topological polar surface area (TPSA) is 135 Å². The van der Waals surface area contributed by atoms with Gasteiger partial charge in [-0.15, -0.1) is 0 Å². The summed E-state index contributed by atoms with van der Waals surface area (Å²) < 4.78 is 35.4. The molecule has 2 aromatic carbocycles. The monoisotopic (exact) mass is 618 g/mol. The van der Waals surface area contributed by atoms with Crippen molar-refractivity contribution >= 4 is 54.1 Å². The van der Waals surface area contributed by atoms with Gasteiger partial charge in [-0.1, -0.05) is 24.4 Å². The summed E-state index contributed by atoms with van der Waals surface area (Å²) in [5.41, 5.74) is 0.592. The normalized spacial score (nSPS) is 15.9. The molecule has 1 unspecified atom stereocenters.